The standard InChI is InChI=1S/C11H19NO5S/c1-3-17-11(14)5-7-18(15,16)12-6-4-10(13)9(2)8-12/h9H,3-8H2,1-2H3. The molecule has 0 aromatic heterocycles. The van der Waals surface area contributed by atoms with Crippen molar-refractivity contribution in [2.75, 3.05) is 25.4 Å². The van der Waals surface area contributed by atoms with E-state index in [-0.39, 0.29) is 50.0 Å². The SMILES string of the molecule is CCOC(=O)CCS(=O)(=O)N1CCC(=O)C(C)C1. The maximum atomic E-state index is 12.0. The summed E-state index contributed by atoms with van der Waals surface area (Å²) in [6.45, 7) is 4.06. The third kappa shape index (κ3) is 4.06. The summed E-state index contributed by atoms with van der Waals surface area (Å²) in [7, 11) is -3.47. The molecule has 1 fully saturated rings. The molecule has 104 valence electrons. The highest BCUT2D eigenvalue weighted by atomic mass is 32.2. The van der Waals surface area contributed by atoms with Crippen molar-refractivity contribution in [2.45, 2.75) is 26.7 Å². The minimum atomic E-state index is -3.47. The highest BCUT2D eigenvalue weighted by molar-refractivity contribution is 7.89. The van der Waals surface area contributed by atoms with E-state index in [4.69, 9.17) is 0 Å². The highest BCUT2D eigenvalue weighted by Crippen LogP contribution is 2.16. The molecular weight excluding hydrogens is 258 g/mol. The van der Waals surface area contributed by atoms with Crippen molar-refractivity contribution in [1.29, 1.82) is 0 Å². The van der Waals surface area contributed by atoms with Crippen molar-refractivity contribution in [3.63, 3.8) is 0 Å². The molecule has 1 atom stereocenters. The van der Waals surface area contributed by atoms with E-state index in [0.717, 1.165) is 0 Å². The summed E-state index contributed by atoms with van der Waals surface area (Å²) in [6.07, 6.45) is 0.106. The van der Waals surface area contributed by atoms with Crippen molar-refractivity contribution in [1.82, 2.24) is 4.31 Å². The van der Waals surface area contributed by atoms with Crippen LogP contribution in [0.1, 0.15) is 26.7 Å². The first-order valence-corrected chi connectivity index (χ1v) is 7.64. The Morgan fingerprint density at radius 2 is 2.17 bits per heavy atom. The molecule has 0 radical (unpaired) electrons. The maximum Gasteiger partial charge on any atom is 0.306 e. The van der Waals surface area contributed by atoms with E-state index in [9.17, 15) is 18.0 Å². The lowest BCUT2D eigenvalue weighted by Gasteiger charge is -2.29. The molecular formula is C11H19NO5S. The molecule has 0 saturated carbocycles. The molecule has 0 amide bonds. The van der Waals surface area contributed by atoms with E-state index >= 15 is 0 Å². The van der Waals surface area contributed by atoms with Gasteiger partial charge in [0, 0.05) is 25.4 Å². The van der Waals surface area contributed by atoms with Gasteiger partial charge in [0.25, 0.3) is 0 Å². The molecule has 1 aliphatic rings. The first kappa shape index (κ1) is 15.1. The number of piperidine rings is 1. The minimum absolute atomic E-state index is 0.0897. The van der Waals surface area contributed by atoms with Gasteiger partial charge in [-0.05, 0) is 6.92 Å². The molecule has 7 heteroatoms. The molecule has 0 aromatic carbocycles. The van der Waals surface area contributed by atoms with Gasteiger partial charge in [0.05, 0.1) is 18.8 Å². The van der Waals surface area contributed by atoms with Gasteiger partial charge >= 0.3 is 5.97 Å². The molecule has 18 heavy (non-hydrogen) atoms. The Morgan fingerprint density at radius 3 is 2.72 bits per heavy atom. The van der Waals surface area contributed by atoms with E-state index in [1.54, 1.807) is 13.8 Å². The lowest BCUT2D eigenvalue weighted by Crippen LogP contribution is -2.44. The number of nitrogens with zero attached hydrogens (tertiary/aromatic N) is 1. The molecule has 0 bridgehead atoms. The van der Waals surface area contributed by atoms with Gasteiger partial charge in [-0.3, -0.25) is 9.59 Å². The Labute approximate surface area is 107 Å². The quantitative estimate of drug-likeness (QED) is 0.670. The third-order valence-electron chi connectivity index (χ3n) is 2.90. The molecule has 0 spiro atoms. The van der Waals surface area contributed by atoms with E-state index < -0.39 is 16.0 Å². The number of ketones is 1. The summed E-state index contributed by atoms with van der Waals surface area (Å²) in [4.78, 5) is 22.5. The molecule has 1 heterocycles. The first-order chi connectivity index (χ1) is 8.36. The van der Waals surface area contributed by atoms with Gasteiger partial charge in [-0.1, -0.05) is 6.92 Å². The van der Waals surface area contributed by atoms with E-state index in [2.05, 4.69) is 4.74 Å². The van der Waals surface area contributed by atoms with Crippen LogP contribution in [0.3, 0.4) is 0 Å². The normalized spacial score (nSPS) is 21.9. The predicted octanol–water partition coefficient (Wildman–Crippen LogP) is 0.180. The summed E-state index contributed by atoms with van der Waals surface area (Å²) in [5.74, 6) is -0.947. The Morgan fingerprint density at radius 1 is 1.50 bits per heavy atom. The largest absolute Gasteiger partial charge is 0.466 e. The van der Waals surface area contributed by atoms with Crippen LogP contribution in [0, 0.1) is 5.92 Å². The zero-order chi connectivity index (χ0) is 13.8. The number of esters is 1. The van der Waals surface area contributed by atoms with Gasteiger partial charge in [-0.25, -0.2) is 12.7 Å². The van der Waals surface area contributed by atoms with Crippen molar-refractivity contribution >= 4 is 21.8 Å². The number of hydrogen-bond donors (Lipinski definition) is 0. The van der Waals surface area contributed by atoms with Crippen molar-refractivity contribution in [2.24, 2.45) is 5.92 Å². The van der Waals surface area contributed by atoms with Crippen LogP contribution in [-0.4, -0.2) is 49.9 Å². The van der Waals surface area contributed by atoms with Gasteiger partial charge in [0.2, 0.25) is 10.0 Å². The monoisotopic (exact) mass is 277 g/mol. The van der Waals surface area contributed by atoms with E-state index in [1.807, 2.05) is 0 Å². The van der Waals surface area contributed by atoms with Crippen LogP contribution in [0.15, 0.2) is 0 Å². The topological polar surface area (TPSA) is 80.8 Å². The van der Waals surface area contributed by atoms with Gasteiger partial charge in [-0.2, -0.15) is 0 Å². The first-order valence-electron chi connectivity index (χ1n) is 6.03. The Hall–Kier alpha value is -0.950. The lowest BCUT2D eigenvalue weighted by molar-refractivity contribution is -0.142. The number of Topliss-reactive ketones (excluding diaryl/α,β-unsaturated/α-hetero) is 1. The van der Waals surface area contributed by atoms with Crippen molar-refractivity contribution < 1.29 is 22.7 Å². The Balaban J connectivity index is 2.53. The smallest absolute Gasteiger partial charge is 0.306 e. The predicted molar refractivity (Wildman–Crippen MR) is 65.4 cm³/mol. The highest BCUT2D eigenvalue weighted by Gasteiger charge is 2.31. The van der Waals surface area contributed by atoms with Crippen LogP contribution in [0.4, 0.5) is 0 Å². The average Bonchev–Trinajstić information content (AvgIpc) is 2.30. The summed E-state index contributed by atoms with van der Waals surface area (Å²) in [6, 6.07) is 0. The van der Waals surface area contributed by atoms with Crippen LogP contribution in [0.2, 0.25) is 0 Å². The number of ether oxygens (including phenoxy) is 1. The molecule has 1 aliphatic heterocycles. The fourth-order valence-corrected chi connectivity index (χ4v) is 3.31. The number of sulfonamides is 1. The second-order valence-corrected chi connectivity index (χ2v) is 6.43. The third-order valence-corrected chi connectivity index (χ3v) is 4.74. The van der Waals surface area contributed by atoms with Crippen molar-refractivity contribution in [3.8, 4) is 0 Å². The average molecular weight is 277 g/mol. The Kier molecular flexibility index (Phi) is 5.28. The van der Waals surface area contributed by atoms with Gasteiger partial charge in [-0.15, -0.1) is 0 Å². The Bertz CT molecular complexity index is 417. The van der Waals surface area contributed by atoms with Crippen LogP contribution in [-0.2, 0) is 24.3 Å². The number of carbonyl (C=O) groups is 2. The summed E-state index contributed by atoms with van der Waals surface area (Å²) in [5.41, 5.74) is 0. The lowest BCUT2D eigenvalue weighted by atomic mass is 10.0. The van der Waals surface area contributed by atoms with Crippen LogP contribution in [0.5, 0.6) is 0 Å². The molecule has 0 aliphatic carbocycles. The van der Waals surface area contributed by atoms with Crippen LogP contribution < -0.4 is 0 Å². The molecule has 1 saturated heterocycles. The molecule has 6 nitrogen and oxygen atoms in total. The fraction of sp³-hybridized carbons (Fsp3) is 0.818. The molecule has 1 rings (SSSR count). The molecule has 0 aromatic rings. The van der Waals surface area contributed by atoms with Gasteiger partial charge in [0.1, 0.15) is 5.78 Å². The molecule has 0 N–H and O–H groups in total. The summed E-state index contributed by atoms with van der Waals surface area (Å²) in [5, 5.41) is 0. The van der Waals surface area contributed by atoms with Gasteiger partial charge in [0.15, 0.2) is 0 Å². The zero-order valence-corrected chi connectivity index (χ0v) is 11.5. The number of rotatable bonds is 5. The molecule has 1 unspecified atom stereocenters. The summed E-state index contributed by atoms with van der Waals surface area (Å²) < 4.78 is 29.9. The van der Waals surface area contributed by atoms with Crippen LogP contribution >= 0.6 is 0 Å². The number of carbonyl (C=O) groups excluding carboxylic acids is 2. The zero-order valence-electron chi connectivity index (χ0n) is 10.7. The number of hydrogen-bond acceptors (Lipinski definition) is 5. The second kappa shape index (κ2) is 6.29. The van der Waals surface area contributed by atoms with E-state index in [1.165, 1.54) is 4.31 Å². The summed E-state index contributed by atoms with van der Waals surface area (Å²) >= 11 is 0. The van der Waals surface area contributed by atoms with Gasteiger partial charge < -0.3 is 4.74 Å². The fourth-order valence-electron chi connectivity index (χ4n) is 1.81. The van der Waals surface area contributed by atoms with Crippen LogP contribution in [0.25, 0.3) is 0 Å². The second-order valence-electron chi connectivity index (χ2n) is 4.35. The van der Waals surface area contributed by atoms with Crippen molar-refractivity contribution in [3.05, 3.63) is 0 Å². The maximum absolute atomic E-state index is 12.0. The van der Waals surface area contributed by atoms with E-state index in [0.29, 0.717) is 0 Å². The minimum Gasteiger partial charge on any atom is -0.466 e.